The lowest BCUT2D eigenvalue weighted by Gasteiger charge is -2.21. The quantitative estimate of drug-likeness (QED) is 0.745. The standard InChI is InChI=1S/C14H13BrF3NO/c1-2-7-19(10-4-5-10)13(20)9-3-6-12(15)11(8-9)14(16,17)18/h2-3,6,8,10H,1,4-5,7H2. The smallest absolute Gasteiger partial charge is 0.332 e. The second-order valence-electron chi connectivity index (χ2n) is 4.67. The number of amides is 1. The second-order valence-corrected chi connectivity index (χ2v) is 5.52. The molecule has 0 unspecified atom stereocenters. The van der Waals surface area contributed by atoms with Gasteiger partial charge in [0.15, 0.2) is 0 Å². The SMILES string of the molecule is C=CCN(C(=O)c1ccc(Br)c(C(F)(F)F)c1)C1CC1. The Kier molecular flexibility index (Phi) is 4.22. The number of carbonyl (C=O) groups excluding carboxylic acids is 1. The highest BCUT2D eigenvalue weighted by Gasteiger charge is 2.36. The van der Waals surface area contributed by atoms with Crippen molar-refractivity contribution in [3.05, 3.63) is 46.5 Å². The molecule has 1 saturated carbocycles. The number of benzene rings is 1. The van der Waals surface area contributed by atoms with Crippen LogP contribution < -0.4 is 0 Å². The number of hydrogen-bond acceptors (Lipinski definition) is 1. The maximum atomic E-state index is 12.8. The van der Waals surface area contributed by atoms with Gasteiger partial charge in [0.05, 0.1) is 5.56 Å². The van der Waals surface area contributed by atoms with Crippen LogP contribution in [0.25, 0.3) is 0 Å². The molecule has 0 atom stereocenters. The topological polar surface area (TPSA) is 20.3 Å². The van der Waals surface area contributed by atoms with Gasteiger partial charge in [0.25, 0.3) is 5.91 Å². The van der Waals surface area contributed by atoms with E-state index in [1.807, 2.05) is 0 Å². The van der Waals surface area contributed by atoms with Gasteiger partial charge in [0.1, 0.15) is 0 Å². The Balaban J connectivity index is 2.32. The van der Waals surface area contributed by atoms with Crippen LogP contribution in [-0.4, -0.2) is 23.4 Å². The number of rotatable bonds is 4. The van der Waals surface area contributed by atoms with Crippen LogP contribution in [0.1, 0.15) is 28.8 Å². The van der Waals surface area contributed by atoms with Gasteiger partial charge in [-0.3, -0.25) is 4.79 Å². The minimum atomic E-state index is -4.49. The summed E-state index contributed by atoms with van der Waals surface area (Å²) in [5.74, 6) is -0.384. The molecule has 108 valence electrons. The third kappa shape index (κ3) is 3.23. The average molecular weight is 348 g/mol. The highest BCUT2D eigenvalue weighted by Crippen LogP contribution is 2.36. The summed E-state index contributed by atoms with van der Waals surface area (Å²) in [7, 11) is 0. The van der Waals surface area contributed by atoms with Crippen molar-refractivity contribution in [1.29, 1.82) is 0 Å². The fraction of sp³-hybridized carbons (Fsp3) is 0.357. The maximum absolute atomic E-state index is 12.8. The first-order chi connectivity index (χ1) is 9.34. The van der Waals surface area contributed by atoms with Crippen LogP contribution >= 0.6 is 15.9 Å². The number of halogens is 4. The molecule has 6 heteroatoms. The Morgan fingerprint density at radius 3 is 2.60 bits per heavy atom. The predicted octanol–water partition coefficient (Wildman–Crippen LogP) is 4.26. The molecule has 0 N–H and O–H groups in total. The van der Waals surface area contributed by atoms with Crippen molar-refractivity contribution in [2.75, 3.05) is 6.54 Å². The van der Waals surface area contributed by atoms with E-state index in [4.69, 9.17) is 0 Å². The molecule has 0 heterocycles. The molecular formula is C14H13BrF3NO. The van der Waals surface area contributed by atoms with Gasteiger partial charge in [-0.15, -0.1) is 6.58 Å². The number of alkyl halides is 3. The summed E-state index contributed by atoms with van der Waals surface area (Å²) in [4.78, 5) is 13.9. The first-order valence-electron chi connectivity index (χ1n) is 6.13. The highest BCUT2D eigenvalue weighted by atomic mass is 79.9. The Bertz CT molecular complexity index is 538. The van der Waals surface area contributed by atoms with E-state index in [-0.39, 0.29) is 22.0 Å². The molecule has 1 aromatic carbocycles. The zero-order valence-corrected chi connectivity index (χ0v) is 12.2. The van der Waals surface area contributed by atoms with E-state index in [9.17, 15) is 18.0 Å². The Hall–Kier alpha value is -1.30. The molecule has 2 nitrogen and oxygen atoms in total. The minimum Gasteiger partial charge on any atom is -0.332 e. The lowest BCUT2D eigenvalue weighted by atomic mass is 10.1. The summed E-state index contributed by atoms with van der Waals surface area (Å²) >= 11 is 2.86. The molecule has 0 aromatic heterocycles. The Morgan fingerprint density at radius 1 is 1.45 bits per heavy atom. The van der Waals surface area contributed by atoms with Gasteiger partial charge in [0, 0.05) is 22.6 Å². The molecular weight excluding hydrogens is 335 g/mol. The first kappa shape index (κ1) is 15.1. The van der Waals surface area contributed by atoms with Crippen LogP contribution in [0.5, 0.6) is 0 Å². The van der Waals surface area contributed by atoms with E-state index in [0.29, 0.717) is 6.54 Å². The average Bonchev–Trinajstić information content (AvgIpc) is 3.18. The van der Waals surface area contributed by atoms with Gasteiger partial charge >= 0.3 is 6.18 Å². The normalized spacial score (nSPS) is 15.0. The molecule has 0 saturated heterocycles. The van der Waals surface area contributed by atoms with Crippen LogP contribution in [0.4, 0.5) is 13.2 Å². The largest absolute Gasteiger partial charge is 0.417 e. The lowest BCUT2D eigenvalue weighted by molar-refractivity contribution is -0.138. The fourth-order valence-corrected chi connectivity index (χ4v) is 2.44. The summed E-state index contributed by atoms with van der Waals surface area (Å²) in [5.41, 5.74) is -0.785. The molecule has 0 spiro atoms. The molecule has 1 fully saturated rings. The first-order valence-corrected chi connectivity index (χ1v) is 6.92. The van der Waals surface area contributed by atoms with Crippen molar-refractivity contribution in [2.45, 2.75) is 25.1 Å². The summed E-state index contributed by atoms with van der Waals surface area (Å²) < 4.78 is 38.5. The van der Waals surface area contributed by atoms with Crippen LogP contribution in [0.2, 0.25) is 0 Å². The Morgan fingerprint density at radius 2 is 2.10 bits per heavy atom. The molecule has 1 aliphatic rings. The van der Waals surface area contributed by atoms with Gasteiger partial charge in [0.2, 0.25) is 0 Å². The summed E-state index contributed by atoms with van der Waals surface area (Å²) in [6.07, 6.45) is -1.12. The number of nitrogens with zero attached hydrogens (tertiary/aromatic N) is 1. The van der Waals surface area contributed by atoms with Gasteiger partial charge in [-0.1, -0.05) is 22.0 Å². The maximum Gasteiger partial charge on any atom is 0.417 e. The van der Waals surface area contributed by atoms with Gasteiger partial charge < -0.3 is 4.90 Å². The predicted molar refractivity (Wildman–Crippen MR) is 73.4 cm³/mol. The van der Waals surface area contributed by atoms with Crippen molar-refractivity contribution in [2.24, 2.45) is 0 Å². The summed E-state index contributed by atoms with van der Waals surface area (Å²) in [6.45, 7) is 3.92. The van der Waals surface area contributed by atoms with Gasteiger partial charge in [-0.25, -0.2) is 0 Å². The molecule has 0 aliphatic heterocycles. The zero-order valence-electron chi connectivity index (χ0n) is 10.6. The zero-order chi connectivity index (χ0) is 14.9. The van der Waals surface area contributed by atoms with E-state index in [1.165, 1.54) is 12.1 Å². The second kappa shape index (κ2) is 5.60. The van der Waals surface area contributed by atoms with Crippen LogP contribution in [-0.2, 0) is 6.18 Å². The molecule has 0 bridgehead atoms. The number of carbonyl (C=O) groups is 1. The monoisotopic (exact) mass is 347 g/mol. The molecule has 1 aliphatic carbocycles. The summed E-state index contributed by atoms with van der Waals surface area (Å²) in [5, 5.41) is 0. The number of hydrogen-bond donors (Lipinski definition) is 0. The highest BCUT2D eigenvalue weighted by molar-refractivity contribution is 9.10. The molecule has 2 rings (SSSR count). The molecule has 20 heavy (non-hydrogen) atoms. The van der Waals surface area contributed by atoms with Crippen molar-refractivity contribution in [3.63, 3.8) is 0 Å². The third-order valence-electron chi connectivity index (χ3n) is 3.09. The van der Waals surface area contributed by atoms with Gasteiger partial charge in [-0.2, -0.15) is 13.2 Å². The van der Waals surface area contributed by atoms with E-state index >= 15 is 0 Å². The summed E-state index contributed by atoms with van der Waals surface area (Å²) in [6, 6.07) is 3.68. The third-order valence-corrected chi connectivity index (χ3v) is 3.78. The van der Waals surface area contributed by atoms with Crippen molar-refractivity contribution < 1.29 is 18.0 Å². The van der Waals surface area contributed by atoms with Crippen LogP contribution in [0, 0.1) is 0 Å². The van der Waals surface area contributed by atoms with E-state index in [2.05, 4.69) is 22.5 Å². The lowest BCUT2D eigenvalue weighted by Crippen LogP contribution is -2.33. The van der Waals surface area contributed by atoms with Gasteiger partial charge in [-0.05, 0) is 31.0 Å². The van der Waals surface area contributed by atoms with E-state index in [1.54, 1.807) is 11.0 Å². The minimum absolute atomic E-state index is 0.0503. The fourth-order valence-electron chi connectivity index (χ4n) is 1.96. The van der Waals surface area contributed by atoms with E-state index < -0.39 is 11.7 Å². The van der Waals surface area contributed by atoms with E-state index in [0.717, 1.165) is 18.9 Å². The van der Waals surface area contributed by atoms with Crippen LogP contribution in [0.3, 0.4) is 0 Å². The molecule has 0 radical (unpaired) electrons. The van der Waals surface area contributed by atoms with Crippen molar-refractivity contribution in [3.8, 4) is 0 Å². The van der Waals surface area contributed by atoms with Crippen molar-refractivity contribution in [1.82, 2.24) is 4.90 Å². The van der Waals surface area contributed by atoms with Crippen LogP contribution in [0.15, 0.2) is 35.3 Å². The molecule has 1 aromatic rings. The molecule has 1 amide bonds. The Labute approximate surface area is 123 Å². The van der Waals surface area contributed by atoms with Crippen molar-refractivity contribution >= 4 is 21.8 Å².